The predicted octanol–water partition coefficient (Wildman–Crippen LogP) is 1.12. The normalized spacial score (nSPS) is 16.7. The van der Waals surface area contributed by atoms with Gasteiger partial charge in [-0.2, -0.15) is 0 Å². The maximum atomic E-state index is 13.0. The van der Waals surface area contributed by atoms with Crippen LogP contribution in [0.4, 0.5) is 14.9 Å². The van der Waals surface area contributed by atoms with Gasteiger partial charge in [-0.1, -0.05) is 12.1 Å². The minimum absolute atomic E-state index is 0.0311. The van der Waals surface area contributed by atoms with Crippen molar-refractivity contribution in [2.75, 3.05) is 18.0 Å². The molecule has 2 aromatic carbocycles. The molecular weight excluding hydrogens is 399 g/mol. The number of sulfonamides is 1. The second-order valence-corrected chi connectivity index (χ2v) is 8.28. The number of primary sulfonamides is 1. The van der Waals surface area contributed by atoms with E-state index in [1.54, 1.807) is 12.1 Å². The molecule has 0 aromatic heterocycles. The number of nitrogens with two attached hydrogens (primary N) is 1. The van der Waals surface area contributed by atoms with Gasteiger partial charge in [0.2, 0.25) is 15.9 Å². The molecule has 0 radical (unpaired) electrons. The van der Waals surface area contributed by atoms with Crippen molar-refractivity contribution in [2.24, 2.45) is 5.14 Å². The van der Waals surface area contributed by atoms with Gasteiger partial charge >= 0.3 is 6.03 Å². The maximum Gasteiger partial charge on any atom is 0.315 e. The van der Waals surface area contributed by atoms with E-state index in [4.69, 9.17) is 5.14 Å². The van der Waals surface area contributed by atoms with E-state index in [-0.39, 0.29) is 29.1 Å². The van der Waals surface area contributed by atoms with E-state index in [9.17, 15) is 22.4 Å². The summed E-state index contributed by atoms with van der Waals surface area (Å²) >= 11 is 0. The van der Waals surface area contributed by atoms with Gasteiger partial charge in [0.05, 0.1) is 10.9 Å². The topological polar surface area (TPSA) is 122 Å². The molecular formula is C19H21FN4O4S. The summed E-state index contributed by atoms with van der Waals surface area (Å²) in [6, 6.07) is 11.0. The summed E-state index contributed by atoms with van der Waals surface area (Å²) in [6.45, 7) is 0.649. The number of nitrogens with one attached hydrogen (secondary N) is 2. The van der Waals surface area contributed by atoms with Crippen LogP contribution in [0.2, 0.25) is 0 Å². The lowest BCUT2D eigenvalue weighted by molar-refractivity contribution is -0.117. The van der Waals surface area contributed by atoms with Crippen molar-refractivity contribution < 1.29 is 22.4 Å². The predicted molar refractivity (Wildman–Crippen MR) is 105 cm³/mol. The number of hydrogen-bond acceptors (Lipinski definition) is 4. The van der Waals surface area contributed by atoms with Crippen molar-refractivity contribution in [3.63, 3.8) is 0 Å². The minimum atomic E-state index is -3.73. The largest absolute Gasteiger partial charge is 0.338 e. The van der Waals surface area contributed by atoms with Crippen LogP contribution in [0.3, 0.4) is 0 Å². The molecule has 8 nitrogen and oxygen atoms in total. The number of rotatable bonds is 6. The molecule has 0 aliphatic carbocycles. The van der Waals surface area contributed by atoms with Crippen LogP contribution in [-0.4, -0.2) is 39.5 Å². The second-order valence-electron chi connectivity index (χ2n) is 6.72. The van der Waals surface area contributed by atoms with Crippen molar-refractivity contribution in [3.8, 4) is 0 Å². The van der Waals surface area contributed by atoms with Gasteiger partial charge in [0, 0.05) is 25.2 Å². The Morgan fingerprint density at radius 1 is 1.14 bits per heavy atom. The molecule has 10 heteroatoms. The highest BCUT2D eigenvalue weighted by Crippen LogP contribution is 2.21. The Morgan fingerprint density at radius 3 is 2.41 bits per heavy atom. The Kier molecular flexibility index (Phi) is 6.14. The summed E-state index contributed by atoms with van der Waals surface area (Å²) in [5.74, 6) is -0.523. The number of hydrogen-bond donors (Lipinski definition) is 3. The van der Waals surface area contributed by atoms with Crippen molar-refractivity contribution in [3.05, 3.63) is 59.9 Å². The zero-order valence-corrected chi connectivity index (χ0v) is 16.3. The molecule has 1 aliphatic rings. The van der Waals surface area contributed by atoms with E-state index in [2.05, 4.69) is 10.6 Å². The Balaban J connectivity index is 1.45. The first-order valence-electron chi connectivity index (χ1n) is 8.94. The quantitative estimate of drug-likeness (QED) is 0.648. The van der Waals surface area contributed by atoms with Crippen LogP contribution < -0.4 is 20.7 Å². The molecule has 0 bridgehead atoms. The van der Waals surface area contributed by atoms with E-state index in [0.717, 1.165) is 5.56 Å². The summed E-state index contributed by atoms with van der Waals surface area (Å²) in [6.07, 6.45) is 0.670. The molecule has 1 fully saturated rings. The molecule has 1 saturated heterocycles. The van der Waals surface area contributed by atoms with Gasteiger partial charge in [0.1, 0.15) is 5.82 Å². The Labute approximate surface area is 167 Å². The van der Waals surface area contributed by atoms with E-state index < -0.39 is 16.1 Å². The van der Waals surface area contributed by atoms with Crippen LogP contribution in [0.25, 0.3) is 0 Å². The van der Waals surface area contributed by atoms with Crippen LogP contribution in [-0.2, 0) is 21.2 Å². The zero-order valence-electron chi connectivity index (χ0n) is 15.5. The third kappa shape index (κ3) is 5.52. The lowest BCUT2D eigenvalue weighted by atomic mass is 10.1. The zero-order chi connectivity index (χ0) is 21.0. The molecule has 0 unspecified atom stereocenters. The number of carbonyl (C=O) groups excluding carboxylic acids is 2. The molecule has 4 N–H and O–H groups in total. The van der Waals surface area contributed by atoms with Crippen molar-refractivity contribution in [1.82, 2.24) is 10.6 Å². The molecule has 1 aliphatic heterocycles. The number of urea groups is 1. The van der Waals surface area contributed by atoms with Gasteiger partial charge in [-0.05, 0) is 48.4 Å². The molecule has 1 atom stereocenters. The fraction of sp³-hybridized carbons (Fsp3) is 0.263. The van der Waals surface area contributed by atoms with Crippen LogP contribution in [0, 0.1) is 5.82 Å². The van der Waals surface area contributed by atoms with E-state index >= 15 is 0 Å². The van der Waals surface area contributed by atoms with Crippen LogP contribution in [0.1, 0.15) is 12.0 Å². The summed E-state index contributed by atoms with van der Waals surface area (Å²) in [5.41, 5.74) is 1.43. The first-order valence-corrected chi connectivity index (χ1v) is 10.5. The highest BCUT2D eigenvalue weighted by atomic mass is 32.2. The Morgan fingerprint density at radius 2 is 1.79 bits per heavy atom. The van der Waals surface area contributed by atoms with Crippen LogP contribution in [0.15, 0.2) is 53.4 Å². The molecule has 2 aromatic rings. The van der Waals surface area contributed by atoms with Crippen LogP contribution >= 0.6 is 0 Å². The second kappa shape index (κ2) is 8.58. The number of nitrogens with zero attached hydrogens (tertiary/aromatic N) is 1. The molecule has 3 rings (SSSR count). The molecule has 0 spiro atoms. The molecule has 0 saturated carbocycles. The average Bonchev–Trinajstić information content (AvgIpc) is 3.02. The molecule has 3 amide bonds. The van der Waals surface area contributed by atoms with Gasteiger partial charge in [-0.15, -0.1) is 0 Å². The summed E-state index contributed by atoms with van der Waals surface area (Å²) in [5, 5.41) is 10.5. The summed E-state index contributed by atoms with van der Waals surface area (Å²) in [4.78, 5) is 25.8. The summed E-state index contributed by atoms with van der Waals surface area (Å²) < 4.78 is 35.5. The third-order valence-electron chi connectivity index (χ3n) is 4.55. The van der Waals surface area contributed by atoms with E-state index in [1.165, 1.54) is 41.3 Å². The highest BCUT2D eigenvalue weighted by molar-refractivity contribution is 7.89. The maximum absolute atomic E-state index is 13.0. The average molecular weight is 420 g/mol. The van der Waals surface area contributed by atoms with Crippen LogP contribution in [0.5, 0.6) is 0 Å². The smallest absolute Gasteiger partial charge is 0.315 e. The number of halogens is 1. The molecule has 1 heterocycles. The van der Waals surface area contributed by atoms with Gasteiger partial charge in [-0.3, -0.25) is 4.79 Å². The lowest BCUT2D eigenvalue weighted by Crippen LogP contribution is -2.43. The van der Waals surface area contributed by atoms with Gasteiger partial charge in [-0.25, -0.2) is 22.7 Å². The SMILES string of the molecule is NS(=O)(=O)c1ccc(CCNC(=O)N[C@@H]2CC(=O)N(c3ccc(F)cc3)C2)cc1. The third-order valence-corrected chi connectivity index (χ3v) is 5.48. The van der Waals surface area contributed by atoms with Gasteiger partial charge < -0.3 is 15.5 Å². The number of carbonyl (C=O) groups is 2. The van der Waals surface area contributed by atoms with E-state index in [1.807, 2.05) is 0 Å². The fourth-order valence-corrected chi connectivity index (χ4v) is 3.59. The number of amides is 3. The van der Waals surface area contributed by atoms with Crippen molar-refractivity contribution in [2.45, 2.75) is 23.8 Å². The first kappa shape index (κ1) is 20.7. The molecule has 154 valence electrons. The molecule has 29 heavy (non-hydrogen) atoms. The Bertz CT molecular complexity index is 994. The van der Waals surface area contributed by atoms with Crippen molar-refractivity contribution >= 4 is 27.6 Å². The number of benzene rings is 2. The Hall–Kier alpha value is -2.98. The highest BCUT2D eigenvalue weighted by Gasteiger charge is 2.31. The van der Waals surface area contributed by atoms with Gasteiger partial charge in [0.25, 0.3) is 0 Å². The van der Waals surface area contributed by atoms with Crippen molar-refractivity contribution in [1.29, 1.82) is 0 Å². The van der Waals surface area contributed by atoms with Gasteiger partial charge in [0.15, 0.2) is 0 Å². The standard InChI is InChI=1S/C19H21FN4O4S/c20-14-3-5-16(6-4-14)24-12-15(11-18(24)25)23-19(26)22-10-9-13-1-7-17(8-2-13)29(21,27)28/h1-8,15H,9-12H2,(H2,21,27,28)(H2,22,23,26)/t15-/m1/s1. The van der Waals surface area contributed by atoms with E-state index in [0.29, 0.717) is 25.2 Å². The lowest BCUT2D eigenvalue weighted by Gasteiger charge is -2.17. The minimum Gasteiger partial charge on any atom is -0.338 e. The summed E-state index contributed by atoms with van der Waals surface area (Å²) in [7, 11) is -3.73. The fourth-order valence-electron chi connectivity index (χ4n) is 3.08. The first-order chi connectivity index (χ1) is 13.7. The number of anilines is 1. The monoisotopic (exact) mass is 420 g/mol.